The number of esters is 1. The van der Waals surface area contributed by atoms with Gasteiger partial charge in [0.15, 0.2) is 0 Å². The van der Waals surface area contributed by atoms with Gasteiger partial charge >= 0.3 is 5.97 Å². The number of carbonyl (C=O) groups excluding carboxylic acids is 1. The number of hydrogen-bond acceptors (Lipinski definition) is 2. The number of hydrogen-bond donors (Lipinski definition) is 0. The molecule has 3 heteroatoms. The number of methoxy groups -OCH3 is 1. The Morgan fingerprint density at radius 3 is 2.43 bits per heavy atom. The van der Waals surface area contributed by atoms with Gasteiger partial charge in [-0.3, -0.25) is 0 Å². The molecule has 1 aromatic rings. The molecule has 0 aromatic heterocycles. The number of benzene rings is 1. The van der Waals surface area contributed by atoms with Gasteiger partial charge in [-0.05, 0) is 18.6 Å². The van der Waals surface area contributed by atoms with E-state index in [4.69, 9.17) is 0 Å². The molecule has 0 atom stereocenters. The summed E-state index contributed by atoms with van der Waals surface area (Å²) < 4.78 is 17.5. The quantitative estimate of drug-likeness (QED) is 0.648. The second-order valence-corrected chi connectivity index (χ2v) is 2.43. The number of aryl methyl sites for hydroxylation is 1. The summed E-state index contributed by atoms with van der Waals surface area (Å²) >= 11 is 0. The fourth-order valence-electron chi connectivity index (χ4n) is 0.915. The van der Waals surface area contributed by atoms with Gasteiger partial charge in [-0.25, -0.2) is 9.18 Å². The fourth-order valence-corrected chi connectivity index (χ4v) is 0.915. The summed E-state index contributed by atoms with van der Waals surface area (Å²) in [5, 5.41) is 0. The molecule has 1 aromatic carbocycles. The lowest BCUT2D eigenvalue weighted by Crippen LogP contribution is -2.05. The molecule has 0 aliphatic rings. The third-order valence-electron chi connectivity index (χ3n) is 1.60. The summed E-state index contributed by atoms with van der Waals surface area (Å²) in [6.07, 6.45) is 0. The van der Waals surface area contributed by atoms with Crippen LogP contribution in [0.1, 0.15) is 29.8 Å². The molecule has 0 unspecified atom stereocenters. The number of rotatable bonds is 1. The van der Waals surface area contributed by atoms with Gasteiger partial charge in [-0.1, -0.05) is 26.0 Å². The van der Waals surface area contributed by atoms with Gasteiger partial charge in [-0.2, -0.15) is 0 Å². The lowest BCUT2D eigenvalue weighted by atomic mass is 10.1. The lowest BCUT2D eigenvalue weighted by Gasteiger charge is -2.01. The van der Waals surface area contributed by atoms with Gasteiger partial charge in [-0.15, -0.1) is 0 Å². The van der Waals surface area contributed by atoms with Crippen LogP contribution >= 0.6 is 0 Å². The Morgan fingerprint density at radius 1 is 1.36 bits per heavy atom. The molecule has 1 rings (SSSR count). The van der Waals surface area contributed by atoms with Gasteiger partial charge < -0.3 is 4.74 Å². The smallest absolute Gasteiger partial charge is 0.340 e. The molecule has 0 spiro atoms. The first kappa shape index (κ1) is 12.6. The average molecular weight is 198 g/mol. The zero-order valence-corrected chi connectivity index (χ0v) is 8.93. The molecule has 0 aliphatic heterocycles. The highest BCUT2D eigenvalue weighted by atomic mass is 19.1. The lowest BCUT2D eigenvalue weighted by molar-refractivity contribution is 0.0595. The third kappa shape index (κ3) is 2.83. The van der Waals surface area contributed by atoms with Crippen molar-refractivity contribution in [3.8, 4) is 0 Å². The van der Waals surface area contributed by atoms with Gasteiger partial charge in [0.2, 0.25) is 0 Å². The standard InChI is InChI=1S/C9H9FO2.C2H6/c1-6-4-3-5-7(8(6)10)9(11)12-2;1-2/h3-5H,1-2H3;1-2H3. The van der Waals surface area contributed by atoms with E-state index in [0.717, 1.165) is 0 Å². The van der Waals surface area contributed by atoms with E-state index in [0.29, 0.717) is 5.56 Å². The molecule has 0 fully saturated rings. The largest absolute Gasteiger partial charge is 0.465 e. The topological polar surface area (TPSA) is 26.3 Å². The van der Waals surface area contributed by atoms with Crippen molar-refractivity contribution in [2.24, 2.45) is 0 Å². The van der Waals surface area contributed by atoms with E-state index in [9.17, 15) is 9.18 Å². The van der Waals surface area contributed by atoms with Crippen molar-refractivity contribution < 1.29 is 13.9 Å². The zero-order chi connectivity index (χ0) is 11.1. The summed E-state index contributed by atoms with van der Waals surface area (Å²) in [5.74, 6) is -1.15. The van der Waals surface area contributed by atoms with Crippen molar-refractivity contribution >= 4 is 5.97 Å². The van der Waals surface area contributed by atoms with Crippen molar-refractivity contribution in [2.75, 3.05) is 7.11 Å². The normalized spacial score (nSPS) is 8.64. The van der Waals surface area contributed by atoms with Gasteiger partial charge in [0, 0.05) is 0 Å². The highest BCUT2D eigenvalue weighted by Gasteiger charge is 2.12. The monoisotopic (exact) mass is 198 g/mol. The zero-order valence-electron chi connectivity index (χ0n) is 8.93. The first-order valence-corrected chi connectivity index (χ1v) is 4.50. The van der Waals surface area contributed by atoms with E-state index in [-0.39, 0.29) is 5.56 Å². The maximum Gasteiger partial charge on any atom is 0.340 e. The van der Waals surface area contributed by atoms with E-state index in [2.05, 4.69) is 4.74 Å². The molecule has 0 bridgehead atoms. The molecular formula is C11H15FO2. The molecule has 0 heterocycles. The van der Waals surface area contributed by atoms with Crippen LogP contribution < -0.4 is 0 Å². The Bertz CT molecular complexity index is 308. The summed E-state index contributed by atoms with van der Waals surface area (Å²) in [7, 11) is 1.23. The molecule has 0 radical (unpaired) electrons. The summed E-state index contributed by atoms with van der Waals surface area (Å²) in [4.78, 5) is 10.9. The highest BCUT2D eigenvalue weighted by Crippen LogP contribution is 2.12. The van der Waals surface area contributed by atoms with Crippen LogP contribution in [0.2, 0.25) is 0 Å². The highest BCUT2D eigenvalue weighted by molar-refractivity contribution is 5.89. The maximum atomic E-state index is 13.1. The number of ether oxygens (including phenoxy) is 1. The van der Waals surface area contributed by atoms with Crippen molar-refractivity contribution in [3.63, 3.8) is 0 Å². The van der Waals surface area contributed by atoms with Crippen LogP contribution in [-0.2, 0) is 4.74 Å². The molecular weight excluding hydrogens is 183 g/mol. The molecule has 0 N–H and O–H groups in total. The Balaban J connectivity index is 0.000000791. The van der Waals surface area contributed by atoms with Crippen LogP contribution in [0, 0.1) is 12.7 Å². The van der Waals surface area contributed by atoms with Gasteiger partial charge in [0.1, 0.15) is 5.82 Å². The van der Waals surface area contributed by atoms with Crippen LogP contribution in [0.15, 0.2) is 18.2 Å². The van der Waals surface area contributed by atoms with Crippen LogP contribution in [0.3, 0.4) is 0 Å². The Hall–Kier alpha value is -1.38. The SMILES string of the molecule is CC.COC(=O)c1cccc(C)c1F. The molecule has 0 saturated heterocycles. The third-order valence-corrected chi connectivity index (χ3v) is 1.60. The van der Waals surface area contributed by atoms with Gasteiger partial charge in [0.05, 0.1) is 12.7 Å². The van der Waals surface area contributed by atoms with E-state index in [1.165, 1.54) is 13.2 Å². The van der Waals surface area contributed by atoms with E-state index in [1.807, 2.05) is 13.8 Å². The Morgan fingerprint density at radius 2 is 1.93 bits per heavy atom. The van der Waals surface area contributed by atoms with Crippen LogP contribution in [0.25, 0.3) is 0 Å². The van der Waals surface area contributed by atoms with Crippen molar-refractivity contribution in [3.05, 3.63) is 35.1 Å². The number of halogens is 1. The predicted octanol–water partition coefficient (Wildman–Crippen LogP) is 2.95. The molecule has 2 nitrogen and oxygen atoms in total. The predicted molar refractivity (Wildman–Crippen MR) is 53.8 cm³/mol. The van der Waals surface area contributed by atoms with Crippen molar-refractivity contribution in [1.82, 2.24) is 0 Å². The van der Waals surface area contributed by atoms with E-state index < -0.39 is 11.8 Å². The molecule has 0 amide bonds. The minimum absolute atomic E-state index is 0.0162. The molecule has 0 aliphatic carbocycles. The second kappa shape index (κ2) is 6.13. The van der Waals surface area contributed by atoms with E-state index >= 15 is 0 Å². The maximum absolute atomic E-state index is 13.1. The first-order chi connectivity index (χ1) is 6.66. The molecule has 14 heavy (non-hydrogen) atoms. The summed E-state index contributed by atoms with van der Waals surface area (Å²) in [6, 6.07) is 4.61. The second-order valence-electron chi connectivity index (χ2n) is 2.43. The number of carbonyl (C=O) groups is 1. The average Bonchev–Trinajstić information content (AvgIpc) is 2.24. The molecule has 0 saturated carbocycles. The Kier molecular flexibility index (Phi) is 5.53. The first-order valence-electron chi connectivity index (χ1n) is 4.50. The van der Waals surface area contributed by atoms with Crippen molar-refractivity contribution in [1.29, 1.82) is 0 Å². The Labute approximate surface area is 83.7 Å². The van der Waals surface area contributed by atoms with E-state index in [1.54, 1.807) is 19.1 Å². The fraction of sp³-hybridized carbons (Fsp3) is 0.364. The molecule has 78 valence electrons. The van der Waals surface area contributed by atoms with Crippen LogP contribution in [0.5, 0.6) is 0 Å². The van der Waals surface area contributed by atoms with Gasteiger partial charge in [0.25, 0.3) is 0 Å². The minimum Gasteiger partial charge on any atom is -0.465 e. The van der Waals surface area contributed by atoms with Crippen LogP contribution in [-0.4, -0.2) is 13.1 Å². The van der Waals surface area contributed by atoms with Crippen LogP contribution in [0.4, 0.5) is 4.39 Å². The summed E-state index contributed by atoms with van der Waals surface area (Å²) in [6.45, 7) is 5.60. The minimum atomic E-state index is -0.642. The van der Waals surface area contributed by atoms with Crippen molar-refractivity contribution in [2.45, 2.75) is 20.8 Å². The summed E-state index contributed by atoms with van der Waals surface area (Å²) in [5.41, 5.74) is 0.426.